The summed E-state index contributed by atoms with van der Waals surface area (Å²) in [7, 11) is 0. The van der Waals surface area contributed by atoms with Gasteiger partial charge in [-0.25, -0.2) is 9.67 Å². The van der Waals surface area contributed by atoms with Gasteiger partial charge in [-0.3, -0.25) is 9.78 Å². The van der Waals surface area contributed by atoms with Crippen LogP contribution in [0.25, 0.3) is 38.9 Å². The topological polar surface area (TPSA) is 118 Å². The van der Waals surface area contributed by atoms with Gasteiger partial charge in [0.15, 0.2) is 0 Å². The number of hydrogen-bond acceptors (Lipinski definition) is 5. The quantitative estimate of drug-likeness (QED) is 0.338. The molecule has 0 spiro atoms. The summed E-state index contributed by atoms with van der Waals surface area (Å²) >= 11 is 0. The van der Waals surface area contributed by atoms with E-state index in [9.17, 15) is 4.79 Å². The van der Waals surface area contributed by atoms with Crippen LogP contribution in [0.2, 0.25) is 0 Å². The molecule has 4 heterocycles. The largest absolute Gasteiger partial charge is 0.383 e. The molecular formula is C26H21N7O. The second kappa shape index (κ2) is 7.41. The minimum Gasteiger partial charge on any atom is -0.383 e. The van der Waals surface area contributed by atoms with Gasteiger partial charge in [0.2, 0.25) is 5.78 Å². The van der Waals surface area contributed by atoms with E-state index in [2.05, 4.69) is 25.0 Å². The first kappa shape index (κ1) is 19.9. The second-order valence-electron chi connectivity index (χ2n) is 8.41. The van der Waals surface area contributed by atoms with Crippen LogP contribution in [0.5, 0.6) is 0 Å². The number of aromatic amines is 2. The predicted octanol–water partition coefficient (Wildman–Crippen LogP) is 4.72. The minimum atomic E-state index is -0.216. The highest BCUT2D eigenvalue weighted by molar-refractivity contribution is 6.12. The molecule has 4 aromatic heterocycles. The van der Waals surface area contributed by atoms with Crippen LogP contribution >= 0.6 is 0 Å². The Balaban J connectivity index is 1.35. The molecule has 0 radical (unpaired) electrons. The summed E-state index contributed by atoms with van der Waals surface area (Å²) in [5, 5.41) is 5.31. The Morgan fingerprint density at radius 2 is 1.85 bits per heavy atom. The lowest BCUT2D eigenvalue weighted by Crippen LogP contribution is -2.07. The van der Waals surface area contributed by atoms with Crippen LogP contribution in [0.15, 0.2) is 67.0 Å². The summed E-state index contributed by atoms with van der Waals surface area (Å²) in [5.74, 6) is 0.892. The van der Waals surface area contributed by atoms with E-state index in [1.54, 1.807) is 10.9 Å². The average molecular weight is 448 g/mol. The zero-order chi connectivity index (χ0) is 23.4. The number of ketones is 1. The molecule has 0 atom stereocenters. The Kier molecular flexibility index (Phi) is 4.35. The second-order valence-corrected chi connectivity index (χ2v) is 8.41. The molecule has 0 unspecified atom stereocenters. The van der Waals surface area contributed by atoms with Crippen molar-refractivity contribution in [1.29, 1.82) is 0 Å². The molecule has 8 heteroatoms. The number of nitrogens with two attached hydrogens (primary N) is 1. The molecule has 0 saturated carbocycles. The van der Waals surface area contributed by atoms with Crippen molar-refractivity contribution >= 4 is 33.5 Å². The first-order valence-corrected chi connectivity index (χ1v) is 10.9. The molecule has 6 aromatic rings. The van der Waals surface area contributed by atoms with E-state index in [0.717, 1.165) is 50.3 Å². The third-order valence-electron chi connectivity index (χ3n) is 5.96. The number of anilines is 1. The number of benzene rings is 2. The Morgan fingerprint density at radius 1 is 0.971 bits per heavy atom. The lowest BCUT2D eigenvalue weighted by atomic mass is 10.1. The summed E-state index contributed by atoms with van der Waals surface area (Å²) < 4.78 is 1.56. The molecule has 6 rings (SSSR count). The Morgan fingerprint density at radius 3 is 2.71 bits per heavy atom. The van der Waals surface area contributed by atoms with Gasteiger partial charge in [0.1, 0.15) is 11.6 Å². The Hall–Kier alpha value is -4.72. The molecule has 8 nitrogen and oxygen atoms in total. The normalized spacial score (nSPS) is 11.5. The van der Waals surface area contributed by atoms with Gasteiger partial charge in [-0.15, -0.1) is 0 Å². The zero-order valence-electron chi connectivity index (χ0n) is 18.6. The highest BCUT2D eigenvalue weighted by atomic mass is 16.1. The summed E-state index contributed by atoms with van der Waals surface area (Å²) in [6.45, 7) is 3.94. The van der Waals surface area contributed by atoms with Gasteiger partial charge in [0.05, 0.1) is 39.9 Å². The number of aryl methyl sites for hydroxylation is 2. The number of nitrogen functional groups attached to an aromatic ring is 1. The third kappa shape index (κ3) is 3.24. The van der Waals surface area contributed by atoms with Crippen molar-refractivity contribution in [2.45, 2.75) is 13.8 Å². The highest BCUT2D eigenvalue weighted by Crippen LogP contribution is 2.27. The zero-order valence-corrected chi connectivity index (χ0v) is 18.6. The van der Waals surface area contributed by atoms with Gasteiger partial charge in [0, 0.05) is 22.7 Å². The summed E-state index contributed by atoms with van der Waals surface area (Å²) in [4.78, 5) is 28.6. The molecule has 0 amide bonds. The van der Waals surface area contributed by atoms with Crippen molar-refractivity contribution < 1.29 is 4.79 Å². The van der Waals surface area contributed by atoms with Crippen molar-refractivity contribution in [2.24, 2.45) is 0 Å². The first-order chi connectivity index (χ1) is 16.5. The van der Waals surface area contributed by atoms with Crippen molar-refractivity contribution in [3.05, 3.63) is 89.6 Å². The number of H-pyrrole nitrogens is 2. The average Bonchev–Trinajstić information content (AvgIpc) is 3.53. The fourth-order valence-electron chi connectivity index (χ4n) is 4.24. The van der Waals surface area contributed by atoms with Crippen LogP contribution in [0.1, 0.15) is 27.4 Å². The van der Waals surface area contributed by atoms with E-state index in [1.165, 1.54) is 6.20 Å². The van der Waals surface area contributed by atoms with Gasteiger partial charge in [-0.1, -0.05) is 12.1 Å². The molecule has 2 aromatic carbocycles. The fourth-order valence-corrected chi connectivity index (χ4v) is 4.24. The Bertz CT molecular complexity index is 1720. The number of carbonyl (C=O) groups is 1. The van der Waals surface area contributed by atoms with E-state index >= 15 is 0 Å². The highest BCUT2D eigenvalue weighted by Gasteiger charge is 2.20. The maximum atomic E-state index is 13.3. The molecular weight excluding hydrogens is 426 g/mol. The standard InChI is InChI=1S/C26H21N7O/c1-14-7-8-28-21(9-14)16-3-4-17-11-24(32-22(17)10-16)25(34)19-13-29-33(26(19)27)18-5-6-20-23(12-18)31-15(2)30-20/h3-13,32H,27H2,1-2H3,(H,30,31). The van der Waals surface area contributed by atoms with Gasteiger partial charge in [0.25, 0.3) is 0 Å². The molecule has 0 aliphatic heterocycles. The van der Waals surface area contributed by atoms with Crippen molar-refractivity contribution in [1.82, 2.24) is 29.7 Å². The summed E-state index contributed by atoms with van der Waals surface area (Å²) in [5.41, 5.74) is 13.5. The van der Waals surface area contributed by atoms with E-state index in [-0.39, 0.29) is 11.6 Å². The number of pyridine rings is 1. The van der Waals surface area contributed by atoms with Crippen LogP contribution in [0, 0.1) is 13.8 Å². The maximum absolute atomic E-state index is 13.3. The molecule has 0 aliphatic carbocycles. The smallest absolute Gasteiger partial charge is 0.214 e. The monoisotopic (exact) mass is 447 g/mol. The van der Waals surface area contributed by atoms with E-state index in [1.807, 2.05) is 68.4 Å². The summed E-state index contributed by atoms with van der Waals surface area (Å²) in [6, 6.07) is 17.5. The van der Waals surface area contributed by atoms with Gasteiger partial charge >= 0.3 is 0 Å². The minimum absolute atomic E-state index is 0.216. The molecule has 0 fully saturated rings. The number of rotatable bonds is 4. The lowest BCUT2D eigenvalue weighted by Gasteiger charge is -2.05. The van der Waals surface area contributed by atoms with Gasteiger partial charge < -0.3 is 15.7 Å². The molecule has 0 aliphatic rings. The number of carbonyl (C=O) groups excluding carboxylic acids is 1. The van der Waals surface area contributed by atoms with Crippen LogP contribution in [0.3, 0.4) is 0 Å². The van der Waals surface area contributed by atoms with E-state index in [0.29, 0.717) is 11.3 Å². The van der Waals surface area contributed by atoms with Crippen LogP contribution in [-0.4, -0.2) is 35.5 Å². The number of aromatic nitrogens is 6. The molecule has 34 heavy (non-hydrogen) atoms. The molecule has 166 valence electrons. The molecule has 4 N–H and O–H groups in total. The number of nitrogens with zero attached hydrogens (tertiary/aromatic N) is 4. The van der Waals surface area contributed by atoms with Gasteiger partial charge in [-0.2, -0.15) is 5.10 Å². The SMILES string of the molecule is Cc1ccnc(-c2ccc3cc(C(=O)c4cnn(-c5ccc6[nH]c(C)nc6c5)c4N)[nH]c3c2)c1. The van der Waals surface area contributed by atoms with E-state index in [4.69, 9.17) is 5.73 Å². The van der Waals surface area contributed by atoms with Crippen LogP contribution in [-0.2, 0) is 0 Å². The first-order valence-electron chi connectivity index (χ1n) is 10.9. The van der Waals surface area contributed by atoms with Gasteiger partial charge in [-0.05, 0) is 61.9 Å². The lowest BCUT2D eigenvalue weighted by molar-refractivity contribution is 0.103. The third-order valence-corrected chi connectivity index (χ3v) is 5.96. The Labute approximate surface area is 194 Å². The number of fused-ring (bicyclic) bond motifs is 2. The summed E-state index contributed by atoms with van der Waals surface area (Å²) in [6.07, 6.45) is 3.30. The predicted molar refractivity (Wildman–Crippen MR) is 132 cm³/mol. The number of imidazole rings is 1. The molecule has 0 saturated heterocycles. The van der Waals surface area contributed by atoms with Crippen molar-refractivity contribution in [3.63, 3.8) is 0 Å². The number of nitrogens with one attached hydrogen (secondary N) is 2. The maximum Gasteiger partial charge on any atom is 0.214 e. The van der Waals surface area contributed by atoms with Crippen molar-refractivity contribution in [3.8, 4) is 16.9 Å². The van der Waals surface area contributed by atoms with Crippen LogP contribution < -0.4 is 5.73 Å². The van der Waals surface area contributed by atoms with Crippen molar-refractivity contribution in [2.75, 3.05) is 5.73 Å². The van der Waals surface area contributed by atoms with Crippen LogP contribution in [0.4, 0.5) is 5.82 Å². The number of hydrogen-bond donors (Lipinski definition) is 3. The van der Waals surface area contributed by atoms with E-state index < -0.39 is 0 Å². The molecule has 0 bridgehead atoms. The fraction of sp³-hybridized carbons (Fsp3) is 0.0769.